The fraction of sp³-hybridized carbons (Fsp3) is 0.889. The Morgan fingerprint density at radius 3 is 2.35 bits per heavy atom. The number of alkyl halides is 5. The smallest absolute Gasteiger partial charge is 0.349 e. The maximum Gasteiger partial charge on any atom is 0.463 e. The highest BCUT2D eigenvalue weighted by molar-refractivity contribution is 5.84. The summed E-state index contributed by atoms with van der Waals surface area (Å²) in [6.45, 7) is 0.459. The van der Waals surface area contributed by atoms with Crippen molar-refractivity contribution in [2.24, 2.45) is 0 Å². The van der Waals surface area contributed by atoms with Crippen LogP contribution in [0.2, 0.25) is 0 Å². The van der Waals surface area contributed by atoms with Gasteiger partial charge < -0.3 is 10.6 Å². The Hall–Kier alpha value is -0.920. The quantitative estimate of drug-likeness (QED) is 0.754. The van der Waals surface area contributed by atoms with Crippen molar-refractivity contribution >= 4 is 5.91 Å². The standard InChI is InChI=1S/C9H13F5N2O/c10-8(11,9(12,13)14)7(17)16-5-6-3-1-2-4-15-6/h6,15H,1-5H2,(H,16,17). The largest absolute Gasteiger partial charge is 0.463 e. The molecule has 0 saturated carbocycles. The molecule has 0 aromatic heterocycles. The first-order valence-corrected chi connectivity index (χ1v) is 5.21. The van der Waals surface area contributed by atoms with Gasteiger partial charge in [0.1, 0.15) is 0 Å². The number of nitrogens with one attached hydrogen (secondary N) is 2. The van der Waals surface area contributed by atoms with Crippen molar-refractivity contribution in [3.8, 4) is 0 Å². The topological polar surface area (TPSA) is 41.1 Å². The molecular weight excluding hydrogens is 247 g/mol. The zero-order chi connectivity index (χ0) is 13.1. The van der Waals surface area contributed by atoms with E-state index < -0.39 is 18.0 Å². The molecule has 0 aliphatic carbocycles. The van der Waals surface area contributed by atoms with E-state index in [0.717, 1.165) is 12.8 Å². The molecule has 3 nitrogen and oxygen atoms in total. The molecule has 0 aromatic rings. The van der Waals surface area contributed by atoms with E-state index in [9.17, 15) is 26.7 Å². The molecule has 1 heterocycles. The summed E-state index contributed by atoms with van der Waals surface area (Å²) >= 11 is 0. The number of amides is 1. The molecule has 1 saturated heterocycles. The summed E-state index contributed by atoms with van der Waals surface area (Å²) in [6, 6.07) is -0.239. The number of hydrogen-bond donors (Lipinski definition) is 2. The SMILES string of the molecule is O=C(NCC1CCCCN1)C(F)(F)C(F)(F)F. The van der Waals surface area contributed by atoms with Gasteiger partial charge in [-0.3, -0.25) is 4.79 Å². The zero-order valence-corrected chi connectivity index (χ0v) is 8.91. The second-order valence-electron chi connectivity index (χ2n) is 3.93. The Morgan fingerprint density at radius 2 is 1.88 bits per heavy atom. The molecule has 0 spiro atoms. The zero-order valence-electron chi connectivity index (χ0n) is 8.91. The molecule has 1 unspecified atom stereocenters. The molecule has 1 aliphatic rings. The van der Waals surface area contributed by atoms with Crippen LogP contribution in [0.15, 0.2) is 0 Å². The minimum atomic E-state index is -5.85. The maximum atomic E-state index is 12.5. The first-order valence-electron chi connectivity index (χ1n) is 5.21. The summed E-state index contributed by atoms with van der Waals surface area (Å²) in [7, 11) is 0. The van der Waals surface area contributed by atoms with E-state index in [1.807, 2.05) is 0 Å². The van der Waals surface area contributed by atoms with E-state index in [0.29, 0.717) is 13.0 Å². The summed E-state index contributed by atoms with van der Waals surface area (Å²) in [5.41, 5.74) is 0. The van der Waals surface area contributed by atoms with Crippen LogP contribution in [0.5, 0.6) is 0 Å². The van der Waals surface area contributed by atoms with Gasteiger partial charge >= 0.3 is 12.1 Å². The van der Waals surface area contributed by atoms with E-state index in [2.05, 4.69) is 5.32 Å². The van der Waals surface area contributed by atoms with Crippen LogP contribution in [0.1, 0.15) is 19.3 Å². The van der Waals surface area contributed by atoms with E-state index in [1.54, 1.807) is 5.32 Å². The summed E-state index contributed by atoms with van der Waals surface area (Å²) in [4.78, 5) is 10.7. The Morgan fingerprint density at radius 1 is 1.24 bits per heavy atom. The van der Waals surface area contributed by atoms with Crippen molar-refractivity contribution in [2.45, 2.75) is 37.4 Å². The van der Waals surface area contributed by atoms with Crippen LogP contribution in [0.3, 0.4) is 0 Å². The molecule has 0 bridgehead atoms. The Kier molecular flexibility index (Phi) is 4.29. The van der Waals surface area contributed by atoms with Crippen molar-refractivity contribution in [1.29, 1.82) is 0 Å². The normalized spacial score (nSPS) is 22.3. The van der Waals surface area contributed by atoms with Gasteiger partial charge in [0.05, 0.1) is 0 Å². The minimum Gasteiger partial charge on any atom is -0.349 e. The number of piperidine rings is 1. The molecule has 1 fully saturated rings. The van der Waals surface area contributed by atoms with Gasteiger partial charge in [-0.2, -0.15) is 22.0 Å². The van der Waals surface area contributed by atoms with Crippen LogP contribution in [-0.2, 0) is 4.79 Å². The van der Waals surface area contributed by atoms with Crippen LogP contribution in [0, 0.1) is 0 Å². The molecular formula is C9H13F5N2O. The van der Waals surface area contributed by atoms with Crippen molar-refractivity contribution in [1.82, 2.24) is 10.6 Å². The van der Waals surface area contributed by atoms with Crippen LogP contribution in [0.4, 0.5) is 22.0 Å². The monoisotopic (exact) mass is 260 g/mol. The molecule has 1 atom stereocenters. The second-order valence-corrected chi connectivity index (χ2v) is 3.93. The number of carbonyl (C=O) groups excluding carboxylic acids is 1. The van der Waals surface area contributed by atoms with Crippen LogP contribution in [0.25, 0.3) is 0 Å². The number of rotatable bonds is 3. The maximum absolute atomic E-state index is 12.5. The second kappa shape index (κ2) is 5.16. The van der Waals surface area contributed by atoms with Crippen LogP contribution < -0.4 is 10.6 Å². The predicted octanol–water partition coefficient (Wildman–Crippen LogP) is 1.44. The molecule has 1 aliphatic heterocycles. The van der Waals surface area contributed by atoms with Gasteiger partial charge in [-0.05, 0) is 19.4 Å². The van der Waals surface area contributed by atoms with Gasteiger partial charge in [0.15, 0.2) is 0 Å². The van der Waals surface area contributed by atoms with Crippen molar-refractivity contribution in [2.75, 3.05) is 13.1 Å². The van der Waals surface area contributed by atoms with E-state index in [-0.39, 0.29) is 12.6 Å². The van der Waals surface area contributed by atoms with Gasteiger partial charge in [0.25, 0.3) is 5.91 Å². The lowest BCUT2D eigenvalue weighted by Gasteiger charge is -2.25. The van der Waals surface area contributed by atoms with Gasteiger partial charge in [-0.25, -0.2) is 0 Å². The summed E-state index contributed by atoms with van der Waals surface area (Å²) in [5.74, 6) is -7.63. The average molecular weight is 260 g/mol. The summed E-state index contributed by atoms with van der Waals surface area (Å²) in [5, 5.41) is 4.55. The van der Waals surface area contributed by atoms with Gasteiger partial charge in [-0.15, -0.1) is 0 Å². The minimum absolute atomic E-state index is 0.218. The summed E-state index contributed by atoms with van der Waals surface area (Å²) < 4.78 is 60.5. The lowest BCUT2D eigenvalue weighted by Crippen LogP contribution is -2.53. The number of carbonyl (C=O) groups is 1. The lowest BCUT2D eigenvalue weighted by molar-refractivity contribution is -0.269. The van der Waals surface area contributed by atoms with Crippen molar-refractivity contribution < 1.29 is 26.7 Å². The van der Waals surface area contributed by atoms with E-state index in [4.69, 9.17) is 0 Å². The first kappa shape index (κ1) is 14.1. The van der Waals surface area contributed by atoms with Crippen molar-refractivity contribution in [3.05, 3.63) is 0 Å². The Bertz CT molecular complexity index is 273. The number of halogens is 5. The van der Waals surface area contributed by atoms with Gasteiger partial charge in [0, 0.05) is 12.6 Å². The average Bonchev–Trinajstić information content (AvgIpc) is 2.25. The molecule has 8 heteroatoms. The molecule has 100 valence electrons. The first-order chi connectivity index (χ1) is 7.75. The Balaban J connectivity index is 2.43. The third kappa shape index (κ3) is 3.52. The highest BCUT2D eigenvalue weighted by atomic mass is 19.4. The van der Waals surface area contributed by atoms with Crippen molar-refractivity contribution in [3.63, 3.8) is 0 Å². The molecule has 1 amide bonds. The molecule has 2 N–H and O–H groups in total. The molecule has 1 rings (SSSR count). The van der Waals surface area contributed by atoms with Gasteiger partial charge in [0.2, 0.25) is 0 Å². The highest BCUT2D eigenvalue weighted by Crippen LogP contribution is 2.35. The van der Waals surface area contributed by atoms with E-state index in [1.165, 1.54) is 0 Å². The lowest BCUT2D eigenvalue weighted by atomic mass is 10.1. The summed E-state index contributed by atoms with van der Waals surface area (Å²) in [6.07, 6.45) is -3.40. The van der Waals surface area contributed by atoms with Crippen LogP contribution >= 0.6 is 0 Å². The Labute approximate surface area is 94.7 Å². The fourth-order valence-corrected chi connectivity index (χ4v) is 1.55. The van der Waals surface area contributed by atoms with Gasteiger partial charge in [-0.1, -0.05) is 6.42 Å². The third-order valence-electron chi connectivity index (χ3n) is 2.56. The fourth-order valence-electron chi connectivity index (χ4n) is 1.55. The third-order valence-corrected chi connectivity index (χ3v) is 2.56. The number of hydrogen-bond acceptors (Lipinski definition) is 2. The predicted molar refractivity (Wildman–Crippen MR) is 49.7 cm³/mol. The molecule has 0 aromatic carbocycles. The van der Waals surface area contributed by atoms with Crippen LogP contribution in [-0.4, -0.2) is 37.1 Å². The highest BCUT2D eigenvalue weighted by Gasteiger charge is 2.63. The molecule has 17 heavy (non-hydrogen) atoms. The van der Waals surface area contributed by atoms with E-state index >= 15 is 0 Å². The molecule has 0 radical (unpaired) electrons.